The first kappa shape index (κ1) is 13.2. The summed E-state index contributed by atoms with van der Waals surface area (Å²) in [5.74, 6) is 0.653. The van der Waals surface area contributed by atoms with Crippen LogP contribution in [-0.4, -0.2) is 22.1 Å². The number of rotatable bonds is 8. The number of imidazole rings is 1. The highest BCUT2D eigenvalue weighted by molar-refractivity contribution is 4.76. The molecule has 1 N–H and O–H groups in total. The predicted octanol–water partition coefficient (Wildman–Crippen LogP) is 2.69. The molecular formula is C13H25N3. The number of hydrogen-bond acceptors (Lipinski definition) is 2. The molecule has 1 aromatic rings. The van der Waals surface area contributed by atoms with Crippen LogP contribution in [0.15, 0.2) is 18.7 Å². The molecule has 1 heterocycles. The Morgan fingerprint density at radius 3 is 2.75 bits per heavy atom. The van der Waals surface area contributed by atoms with Gasteiger partial charge in [-0.15, -0.1) is 0 Å². The van der Waals surface area contributed by atoms with Gasteiger partial charge >= 0.3 is 0 Å². The summed E-state index contributed by atoms with van der Waals surface area (Å²) in [5.41, 5.74) is 0. The van der Waals surface area contributed by atoms with Gasteiger partial charge in [-0.05, 0) is 25.3 Å². The Morgan fingerprint density at radius 2 is 2.19 bits per heavy atom. The van der Waals surface area contributed by atoms with E-state index in [0.29, 0.717) is 12.0 Å². The largest absolute Gasteiger partial charge is 0.337 e. The first-order chi connectivity index (χ1) is 7.76. The van der Waals surface area contributed by atoms with Gasteiger partial charge in [0, 0.05) is 25.0 Å². The molecule has 3 nitrogen and oxygen atoms in total. The zero-order chi connectivity index (χ0) is 11.8. The summed E-state index contributed by atoms with van der Waals surface area (Å²) < 4.78 is 2.15. The molecule has 0 saturated carbocycles. The Balaban J connectivity index is 2.21. The van der Waals surface area contributed by atoms with Crippen LogP contribution < -0.4 is 5.32 Å². The fraction of sp³-hybridized carbons (Fsp3) is 0.769. The fourth-order valence-corrected chi connectivity index (χ4v) is 1.99. The molecule has 92 valence electrons. The second kappa shape index (κ2) is 7.44. The van der Waals surface area contributed by atoms with E-state index < -0.39 is 0 Å². The smallest absolute Gasteiger partial charge is 0.0946 e. The summed E-state index contributed by atoms with van der Waals surface area (Å²) in [6, 6.07) is 0.690. The van der Waals surface area contributed by atoms with Gasteiger partial charge in [-0.2, -0.15) is 0 Å². The van der Waals surface area contributed by atoms with Gasteiger partial charge in [0.2, 0.25) is 0 Å². The van der Waals surface area contributed by atoms with Crippen LogP contribution >= 0.6 is 0 Å². The van der Waals surface area contributed by atoms with Gasteiger partial charge in [0.25, 0.3) is 0 Å². The van der Waals surface area contributed by atoms with Crippen LogP contribution in [0, 0.1) is 5.92 Å². The van der Waals surface area contributed by atoms with Crippen molar-refractivity contribution in [1.29, 1.82) is 0 Å². The zero-order valence-electron chi connectivity index (χ0n) is 10.8. The molecule has 0 bridgehead atoms. The third-order valence-electron chi connectivity index (χ3n) is 2.97. The summed E-state index contributed by atoms with van der Waals surface area (Å²) in [7, 11) is 0. The van der Waals surface area contributed by atoms with E-state index in [9.17, 15) is 0 Å². The van der Waals surface area contributed by atoms with Crippen LogP contribution in [0.1, 0.15) is 40.0 Å². The van der Waals surface area contributed by atoms with E-state index in [1.54, 1.807) is 0 Å². The Labute approximate surface area is 99.3 Å². The van der Waals surface area contributed by atoms with E-state index in [0.717, 1.165) is 13.1 Å². The molecule has 3 heteroatoms. The number of nitrogens with zero attached hydrogens (tertiary/aromatic N) is 2. The topological polar surface area (TPSA) is 29.9 Å². The molecule has 2 unspecified atom stereocenters. The molecule has 0 amide bonds. The van der Waals surface area contributed by atoms with Crippen LogP contribution in [0.3, 0.4) is 0 Å². The second-order valence-electron chi connectivity index (χ2n) is 4.67. The molecule has 0 fully saturated rings. The maximum atomic E-state index is 4.06. The van der Waals surface area contributed by atoms with Gasteiger partial charge in [0.1, 0.15) is 0 Å². The summed E-state index contributed by atoms with van der Waals surface area (Å²) in [6.07, 6.45) is 9.53. The predicted molar refractivity (Wildman–Crippen MR) is 68.4 cm³/mol. The maximum Gasteiger partial charge on any atom is 0.0946 e. The highest BCUT2D eigenvalue weighted by Gasteiger charge is 2.07. The van der Waals surface area contributed by atoms with Crippen LogP contribution in [0.4, 0.5) is 0 Å². The summed E-state index contributed by atoms with van der Waals surface area (Å²) >= 11 is 0. The minimum Gasteiger partial charge on any atom is -0.337 e. The van der Waals surface area contributed by atoms with Crippen LogP contribution in [0.5, 0.6) is 0 Å². The Morgan fingerprint density at radius 1 is 1.38 bits per heavy atom. The van der Waals surface area contributed by atoms with E-state index in [1.807, 2.05) is 18.7 Å². The molecule has 1 rings (SSSR count). The second-order valence-corrected chi connectivity index (χ2v) is 4.67. The lowest BCUT2D eigenvalue weighted by Crippen LogP contribution is -2.33. The normalized spacial score (nSPS) is 14.9. The summed E-state index contributed by atoms with van der Waals surface area (Å²) in [5, 5.41) is 3.65. The molecule has 2 atom stereocenters. The van der Waals surface area contributed by atoms with Gasteiger partial charge in [0.05, 0.1) is 6.33 Å². The van der Waals surface area contributed by atoms with Gasteiger partial charge in [-0.1, -0.05) is 27.2 Å². The first-order valence-corrected chi connectivity index (χ1v) is 6.45. The standard InChI is InChI=1S/C13H25N3/c1-4-6-13(5-2)15-9-12(3)10-16-8-7-14-11-16/h7-8,11-13,15H,4-6,9-10H2,1-3H3. The highest BCUT2D eigenvalue weighted by atomic mass is 15.0. The van der Waals surface area contributed by atoms with E-state index in [-0.39, 0.29) is 0 Å². The molecule has 0 radical (unpaired) electrons. The summed E-state index contributed by atoms with van der Waals surface area (Å²) in [6.45, 7) is 8.94. The van der Waals surface area contributed by atoms with E-state index in [4.69, 9.17) is 0 Å². The van der Waals surface area contributed by atoms with Gasteiger partial charge in [-0.3, -0.25) is 0 Å². The lowest BCUT2D eigenvalue weighted by atomic mass is 10.1. The third kappa shape index (κ3) is 4.79. The van der Waals surface area contributed by atoms with Crippen LogP contribution in [0.25, 0.3) is 0 Å². The van der Waals surface area contributed by atoms with Crippen LogP contribution in [-0.2, 0) is 6.54 Å². The molecule has 1 aromatic heterocycles. The molecule has 0 aromatic carbocycles. The average molecular weight is 223 g/mol. The Bertz CT molecular complexity index is 256. The van der Waals surface area contributed by atoms with E-state index in [1.165, 1.54) is 19.3 Å². The lowest BCUT2D eigenvalue weighted by molar-refractivity contribution is 0.387. The highest BCUT2D eigenvalue weighted by Crippen LogP contribution is 2.04. The van der Waals surface area contributed by atoms with Gasteiger partial charge in [-0.25, -0.2) is 4.98 Å². The molecule has 16 heavy (non-hydrogen) atoms. The fourth-order valence-electron chi connectivity index (χ4n) is 1.99. The van der Waals surface area contributed by atoms with Crippen molar-refractivity contribution in [3.8, 4) is 0 Å². The van der Waals surface area contributed by atoms with Crippen molar-refractivity contribution in [2.75, 3.05) is 6.54 Å². The first-order valence-electron chi connectivity index (χ1n) is 6.45. The van der Waals surface area contributed by atoms with Crippen molar-refractivity contribution in [3.63, 3.8) is 0 Å². The monoisotopic (exact) mass is 223 g/mol. The molecule has 0 aliphatic heterocycles. The lowest BCUT2D eigenvalue weighted by Gasteiger charge is -2.19. The van der Waals surface area contributed by atoms with Crippen molar-refractivity contribution in [2.45, 2.75) is 52.6 Å². The summed E-state index contributed by atoms with van der Waals surface area (Å²) in [4.78, 5) is 4.06. The minimum absolute atomic E-state index is 0.653. The van der Waals surface area contributed by atoms with Gasteiger partial charge < -0.3 is 9.88 Å². The third-order valence-corrected chi connectivity index (χ3v) is 2.97. The Hall–Kier alpha value is -0.830. The van der Waals surface area contributed by atoms with E-state index in [2.05, 4.69) is 35.6 Å². The van der Waals surface area contributed by atoms with Crippen LogP contribution in [0.2, 0.25) is 0 Å². The Kier molecular flexibility index (Phi) is 6.16. The van der Waals surface area contributed by atoms with Gasteiger partial charge in [0.15, 0.2) is 0 Å². The molecule has 0 aliphatic carbocycles. The molecular weight excluding hydrogens is 198 g/mol. The zero-order valence-corrected chi connectivity index (χ0v) is 10.8. The number of hydrogen-bond donors (Lipinski definition) is 1. The quantitative estimate of drug-likeness (QED) is 0.734. The van der Waals surface area contributed by atoms with Crippen molar-refractivity contribution in [1.82, 2.24) is 14.9 Å². The average Bonchev–Trinajstić information content (AvgIpc) is 2.76. The number of nitrogens with one attached hydrogen (secondary N) is 1. The van der Waals surface area contributed by atoms with Crippen molar-refractivity contribution in [2.24, 2.45) is 5.92 Å². The SMILES string of the molecule is CCCC(CC)NCC(C)Cn1ccnc1. The number of aromatic nitrogens is 2. The van der Waals surface area contributed by atoms with Crippen molar-refractivity contribution < 1.29 is 0 Å². The molecule has 0 spiro atoms. The maximum absolute atomic E-state index is 4.06. The van der Waals surface area contributed by atoms with Crippen molar-refractivity contribution in [3.05, 3.63) is 18.7 Å². The minimum atomic E-state index is 0.653. The molecule has 0 aliphatic rings. The van der Waals surface area contributed by atoms with Crippen molar-refractivity contribution >= 4 is 0 Å². The van der Waals surface area contributed by atoms with E-state index >= 15 is 0 Å². The molecule has 0 saturated heterocycles.